The van der Waals surface area contributed by atoms with E-state index in [9.17, 15) is 12.8 Å². The molecule has 1 unspecified atom stereocenters. The Bertz CT molecular complexity index is 165. The van der Waals surface area contributed by atoms with Crippen molar-refractivity contribution in [3.05, 3.63) is 0 Å². The summed E-state index contributed by atoms with van der Waals surface area (Å²) in [6.45, 7) is 1.69. The molecule has 0 aromatic heterocycles. The quantitative estimate of drug-likeness (QED) is 0.640. The van der Waals surface area contributed by atoms with Gasteiger partial charge in [-0.05, 0) is 6.42 Å². The Morgan fingerprint density at radius 3 is 2.22 bits per heavy atom. The Labute approximate surface area is 54.1 Å². The number of sulfonamides is 1. The van der Waals surface area contributed by atoms with E-state index in [1.54, 1.807) is 6.92 Å². The average molecular weight is 155 g/mol. The van der Waals surface area contributed by atoms with Crippen LogP contribution in [0.15, 0.2) is 0 Å². The highest BCUT2D eigenvalue weighted by Crippen LogP contribution is 2.04. The molecule has 0 heterocycles. The van der Waals surface area contributed by atoms with E-state index in [0.717, 1.165) is 0 Å². The van der Waals surface area contributed by atoms with Crippen molar-refractivity contribution in [3.63, 3.8) is 0 Å². The van der Waals surface area contributed by atoms with Gasteiger partial charge in [0.05, 0.1) is 0 Å². The number of hydrogen-bond acceptors (Lipinski definition) is 2. The molecule has 0 spiro atoms. The second-order valence-corrected chi connectivity index (χ2v) is 3.48. The standard InChI is InChI=1S/C4H10FNO2S/c1-2-3-4(5)9(6,7)8/h4H,2-3H2,1H3,(H2,6,7,8). The maximum Gasteiger partial charge on any atom is 0.241 e. The first-order chi connectivity index (χ1) is 3.98. The van der Waals surface area contributed by atoms with Gasteiger partial charge in [-0.1, -0.05) is 13.3 Å². The molecule has 9 heavy (non-hydrogen) atoms. The third-order valence-corrected chi connectivity index (χ3v) is 1.82. The Morgan fingerprint density at radius 1 is 1.67 bits per heavy atom. The first kappa shape index (κ1) is 8.84. The largest absolute Gasteiger partial charge is 0.241 e. The second kappa shape index (κ2) is 3.12. The van der Waals surface area contributed by atoms with Crippen molar-refractivity contribution in [1.82, 2.24) is 0 Å². The fourth-order valence-corrected chi connectivity index (χ4v) is 0.955. The van der Waals surface area contributed by atoms with Crippen LogP contribution in [0.4, 0.5) is 4.39 Å². The fourth-order valence-electron chi connectivity index (χ4n) is 0.391. The molecule has 0 bridgehead atoms. The molecule has 0 saturated heterocycles. The van der Waals surface area contributed by atoms with Gasteiger partial charge in [-0.25, -0.2) is 17.9 Å². The van der Waals surface area contributed by atoms with Crippen molar-refractivity contribution in [2.75, 3.05) is 0 Å². The molecule has 0 amide bonds. The van der Waals surface area contributed by atoms with Crippen molar-refractivity contribution < 1.29 is 12.8 Å². The van der Waals surface area contributed by atoms with E-state index in [1.807, 2.05) is 0 Å². The van der Waals surface area contributed by atoms with E-state index in [4.69, 9.17) is 0 Å². The van der Waals surface area contributed by atoms with Crippen molar-refractivity contribution in [2.45, 2.75) is 25.3 Å². The highest BCUT2D eigenvalue weighted by Gasteiger charge is 2.17. The summed E-state index contributed by atoms with van der Waals surface area (Å²) in [7, 11) is -3.93. The molecular formula is C4H10FNO2S. The molecule has 0 radical (unpaired) electrons. The summed E-state index contributed by atoms with van der Waals surface area (Å²) in [5, 5.41) is 4.46. The molecule has 0 aromatic carbocycles. The van der Waals surface area contributed by atoms with Gasteiger partial charge in [0.15, 0.2) is 0 Å². The minimum Gasteiger partial charge on any atom is -0.229 e. The van der Waals surface area contributed by atoms with Gasteiger partial charge in [0.1, 0.15) is 0 Å². The molecule has 0 aliphatic carbocycles. The Morgan fingerprint density at radius 2 is 2.11 bits per heavy atom. The summed E-state index contributed by atoms with van der Waals surface area (Å²) >= 11 is 0. The predicted molar refractivity (Wildman–Crippen MR) is 32.9 cm³/mol. The molecule has 0 saturated carbocycles. The van der Waals surface area contributed by atoms with Crippen LogP contribution < -0.4 is 5.14 Å². The Hall–Kier alpha value is -0.160. The molecule has 2 N–H and O–H groups in total. The number of rotatable bonds is 3. The van der Waals surface area contributed by atoms with Gasteiger partial charge in [0.25, 0.3) is 0 Å². The van der Waals surface area contributed by atoms with Crippen molar-refractivity contribution >= 4 is 10.0 Å². The fraction of sp³-hybridized carbons (Fsp3) is 1.00. The minimum absolute atomic E-state index is 0.0150. The molecule has 56 valence electrons. The lowest BCUT2D eigenvalue weighted by atomic mass is 10.4. The molecule has 0 aromatic rings. The minimum atomic E-state index is -3.93. The molecule has 3 nitrogen and oxygen atoms in total. The molecule has 0 rings (SSSR count). The van der Waals surface area contributed by atoms with Gasteiger partial charge in [0, 0.05) is 0 Å². The lowest BCUT2D eigenvalue weighted by Crippen LogP contribution is -2.24. The van der Waals surface area contributed by atoms with Crippen LogP contribution in [0.3, 0.4) is 0 Å². The van der Waals surface area contributed by atoms with Crippen LogP contribution >= 0.6 is 0 Å². The SMILES string of the molecule is CCCC(F)S(N)(=O)=O. The van der Waals surface area contributed by atoms with Gasteiger partial charge in [0.2, 0.25) is 15.5 Å². The van der Waals surface area contributed by atoms with Crippen LogP contribution in [-0.4, -0.2) is 13.9 Å². The first-order valence-electron chi connectivity index (χ1n) is 2.64. The lowest BCUT2D eigenvalue weighted by Gasteiger charge is -2.00. The maximum absolute atomic E-state index is 12.2. The van der Waals surface area contributed by atoms with Gasteiger partial charge >= 0.3 is 0 Å². The van der Waals surface area contributed by atoms with Crippen LogP contribution in [0.1, 0.15) is 19.8 Å². The van der Waals surface area contributed by atoms with Gasteiger partial charge in [-0.2, -0.15) is 0 Å². The van der Waals surface area contributed by atoms with Gasteiger partial charge in [-0.15, -0.1) is 0 Å². The van der Waals surface area contributed by atoms with Crippen molar-refractivity contribution in [2.24, 2.45) is 5.14 Å². The number of primary sulfonamides is 1. The number of halogens is 1. The van der Waals surface area contributed by atoms with E-state index in [1.165, 1.54) is 0 Å². The smallest absolute Gasteiger partial charge is 0.229 e. The van der Waals surface area contributed by atoms with Crippen LogP contribution in [-0.2, 0) is 10.0 Å². The molecular weight excluding hydrogens is 145 g/mol. The number of alkyl halides is 1. The lowest BCUT2D eigenvalue weighted by molar-refractivity contribution is 0.396. The zero-order valence-electron chi connectivity index (χ0n) is 5.17. The second-order valence-electron chi connectivity index (χ2n) is 1.79. The molecule has 0 aliphatic rings. The Kier molecular flexibility index (Phi) is 3.07. The van der Waals surface area contributed by atoms with Crippen LogP contribution in [0, 0.1) is 0 Å². The molecule has 0 aliphatic heterocycles. The van der Waals surface area contributed by atoms with E-state index in [-0.39, 0.29) is 6.42 Å². The number of hydrogen-bond donors (Lipinski definition) is 1. The summed E-state index contributed by atoms with van der Waals surface area (Å²) in [5.74, 6) is 0. The van der Waals surface area contributed by atoms with E-state index in [2.05, 4.69) is 5.14 Å². The molecule has 0 fully saturated rings. The summed E-state index contributed by atoms with van der Waals surface area (Å²) in [6.07, 6.45) is 0.469. The van der Waals surface area contributed by atoms with Crippen molar-refractivity contribution in [1.29, 1.82) is 0 Å². The normalized spacial score (nSPS) is 15.4. The molecule has 1 atom stereocenters. The van der Waals surface area contributed by atoms with Gasteiger partial charge in [-0.3, -0.25) is 0 Å². The predicted octanol–water partition coefficient (Wildman–Crippen LogP) is 0.371. The zero-order valence-corrected chi connectivity index (χ0v) is 5.99. The highest BCUT2D eigenvalue weighted by molar-refractivity contribution is 7.89. The van der Waals surface area contributed by atoms with Crippen LogP contribution in [0.2, 0.25) is 0 Å². The maximum atomic E-state index is 12.2. The van der Waals surface area contributed by atoms with Gasteiger partial charge < -0.3 is 0 Å². The van der Waals surface area contributed by atoms with E-state index < -0.39 is 15.5 Å². The average Bonchev–Trinajstić information content (AvgIpc) is 1.64. The summed E-state index contributed by atoms with van der Waals surface area (Å²) in [4.78, 5) is 0. The topological polar surface area (TPSA) is 60.2 Å². The Balaban J connectivity index is 3.90. The van der Waals surface area contributed by atoms with Crippen LogP contribution in [0.25, 0.3) is 0 Å². The number of nitrogens with two attached hydrogens (primary N) is 1. The van der Waals surface area contributed by atoms with Crippen molar-refractivity contribution in [3.8, 4) is 0 Å². The third kappa shape index (κ3) is 3.42. The molecule has 5 heteroatoms. The zero-order chi connectivity index (χ0) is 7.49. The van der Waals surface area contributed by atoms with Crippen LogP contribution in [0.5, 0.6) is 0 Å². The van der Waals surface area contributed by atoms with E-state index >= 15 is 0 Å². The monoisotopic (exact) mass is 155 g/mol. The third-order valence-electron chi connectivity index (χ3n) is 0.872. The highest BCUT2D eigenvalue weighted by atomic mass is 32.2. The van der Waals surface area contributed by atoms with E-state index in [0.29, 0.717) is 6.42 Å². The summed E-state index contributed by atoms with van der Waals surface area (Å²) in [5.41, 5.74) is -1.89. The summed E-state index contributed by atoms with van der Waals surface area (Å²) in [6, 6.07) is 0. The summed E-state index contributed by atoms with van der Waals surface area (Å²) < 4.78 is 32.4. The first-order valence-corrected chi connectivity index (χ1v) is 4.25.